The fraction of sp³-hybridized carbons (Fsp3) is 0.718. The minimum absolute atomic E-state index is 0.0115. The molecule has 2 aliphatic rings. The first-order valence-corrected chi connectivity index (χ1v) is 19.1. The van der Waals surface area contributed by atoms with E-state index in [9.17, 15) is 24.0 Å². The number of nitrogens with one attached hydrogen (secondary N) is 3. The Morgan fingerprint density at radius 1 is 0.943 bits per heavy atom. The minimum atomic E-state index is -0.887. The summed E-state index contributed by atoms with van der Waals surface area (Å²) in [6, 6.07) is 6.63. The van der Waals surface area contributed by atoms with Crippen LogP contribution in [-0.2, 0) is 39.8 Å². The summed E-state index contributed by atoms with van der Waals surface area (Å²) in [6.45, 7) is 12.7. The lowest BCUT2D eigenvalue weighted by Crippen LogP contribution is -2.60. The number of piperazine rings is 1. The molecule has 0 aliphatic carbocycles. The molecule has 3 N–H and O–H groups in total. The molecular formula is C39H64N6O8. The molecule has 298 valence electrons. The molecule has 0 saturated carbocycles. The Hall–Kier alpha value is -3.75. The number of benzene rings is 1. The Morgan fingerprint density at radius 3 is 2.17 bits per heavy atom. The van der Waals surface area contributed by atoms with Crippen LogP contribution in [0.2, 0.25) is 0 Å². The van der Waals surface area contributed by atoms with E-state index in [-0.39, 0.29) is 54.5 Å². The number of ether oxygens (including phenoxy) is 3. The number of carbonyl (C=O) groups is 5. The average molecular weight is 745 g/mol. The second kappa shape index (κ2) is 21.2. The lowest BCUT2D eigenvalue weighted by Gasteiger charge is -2.41. The van der Waals surface area contributed by atoms with Gasteiger partial charge >= 0.3 is 12.0 Å². The maximum Gasteiger partial charge on any atom is 0.328 e. The highest BCUT2D eigenvalue weighted by molar-refractivity contribution is 5.88. The van der Waals surface area contributed by atoms with Crippen molar-refractivity contribution in [2.24, 2.45) is 17.8 Å². The zero-order valence-corrected chi connectivity index (χ0v) is 33.3. The Labute approximate surface area is 316 Å². The number of likely N-dealkylation sites (tertiary alicyclic amines) is 1. The molecule has 0 spiro atoms. The molecular weight excluding hydrogens is 680 g/mol. The first kappa shape index (κ1) is 43.7. The molecule has 3 rings (SSSR count). The molecule has 1 aromatic rings. The van der Waals surface area contributed by atoms with Crippen molar-refractivity contribution in [2.75, 3.05) is 61.1 Å². The number of rotatable bonds is 18. The van der Waals surface area contributed by atoms with Gasteiger partial charge in [0.1, 0.15) is 12.1 Å². The Bertz CT molecular complexity index is 1340. The summed E-state index contributed by atoms with van der Waals surface area (Å²) in [5.41, 5.74) is 0.877. The van der Waals surface area contributed by atoms with Gasteiger partial charge in [-0.2, -0.15) is 0 Å². The van der Waals surface area contributed by atoms with Gasteiger partial charge in [-0.05, 0) is 30.2 Å². The van der Waals surface area contributed by atoms with Gasteiger partial charge in [0.2, 0.25) is 17.7 Å². The number of nitrogens with zero attached hydrogens (tertiary/aromatic N) is 3. The number of urea groups is 1. The summed E-state index contributed by atoms with van der Waals surface area (Å²) >= 11 is 0. The van der Waals surface area contributed by atoms with Crippen molar-refractivity contribution in [3.05, 3.63) is 35.9 Å². The molecule has 2 aliphatic heterocycles. The molecule has 0 bridgehead atoms. The lowest BCUT2D eigenvalue weighted by atomic mass is 9.89. The van der Waals surface area contributed by atoms with Crippen LogP contribution in [0, 0.1) is 17.8 Å². The van der Waals surface area contributed by atoms with Gasteiger partial charge in [0.25, 0.3) is 0 Å². The number of amides is 5. The van der Waals surface area contributed by atoms with Crippen molar-refractivity contribution in [2.45, 2.75) is 103 Å². The molecule has 14 heteroatoms. The number of hydrogen-bond donors (Lipinski definition) is 3. The summed E-state index contributed by atoms with van der Waals surface area (Å²) in [5, 5.41) is 9.07. The second-order valence-electron chi connectivity index (χ2n) is 14.8. The van der Waals surface area contributed by atoms with Crippen LogP contribution in [-0.4, -0.2) is 142 Å². The van der Waals surface area contributed by atoms with E-state index in [0.717, 1.165) is 18.4 Å². The van der Waals surface area contributed by atoms with Crippen LogP contribution >= 0.6 is 0 Å². The van der Waals surface area contributed by atoms with Gasteiger partial charge in [0, 0.05) is 60.4 Å². The van der Waals surface area contributed by atoms with Crippen molar-refractivity contribution in [1.82, 2.24) is 30.7 Å². The molecule has 1 unspecified atom stereocenters. The van der Waals surface area contributed by atoms with E-state index in [1.54, 1.807) is 35.8 Å². The van der Waals surface area contributed by atoms with Crippen LogP contribution in [0.3, 0.4) is 0 Å². The van der Waals surface area contributed by atoms with Crippen LogP contribution in [0.4, 0.5) is 4.79 Å². The second-order valence-corrected chi connectivity index (χ2v) is 14.8. The quantitative estimate of drug-likeness (QED) is 0.192. The SMILES string of the molecule is CC[C@H](C)[C@@H]([C@@H](CC(=O)N1CCC[C@H]1[C@H](OC)[C@@H](C)C(=O)NC(Cc1ccccc1)C(=O)OC)OC)N(C)C(=O)[C@@H](NC(=O)N1CCNCC1)C(C)C. The Morgan fingerprint density at radius 2 is 1.60 bits per heavy atom. The van der Waals surface area contributed by atoms with Crippen LogP contribution < -0.4 is 16.0 Å². The van der Waals surface area contributed by atoms with E-state index in [2.05, 4.69) is 16.0 Å². The molecule has 2 fully saturated rings. The molecule has 53 heavy (non-hydrogen) atoms. The molecule has 2 saturated heterocycles. The maximum atomic E-state index is 14.2. The predicted octanol–water partition coefficient (Wildman–Crippen LogP) is 2.45. The summed E-state index contributed by atoms with van der Waals surface area (Å²) in [5.74, 6) is -2.21. The number of methoxy groups -OCH3 is 3. The molecule has 5 amide bonds. The topological polar surface area (TPSA) is 159 Å². The number of carbonyl (C=O) groups excluding carboxylic acids is 5. The van der Waals surface area contributed by atoms with Crippen LogP contribution in [0.15, 0.2) is 30.3 Å². The molecule has 8 atom stereocenters. The van der Waals surface area contributed by atoms with Crippen LogP contribution in [0.1, 0.15) is 65.9 Å². The van der Waals surface area contributed by atoms with Crippen LogP contribution in [0.5, 0.6) is 0 Å². The van der Waals surface area contributed by atoms with E-state index in [4.69, 9.17) is 14.2 Å². The molecule has 0 aromatic heterocycles. The van der Waals surface area contributed by atoms with Crippen molar-refractivity contribution in [3.63, 3.8) is 0 Å². The lowest BCUT2D eigenvalue weighted by molar-refractivity contribution is -0.148. The zero-order valence-electron chi connectivity index (χ0n) is 33.3. The third kappa shape index (κ3) is 11.6. The smallest absolute Gasteiger partial charge is 0.328 e. The van der Waals surface area contributed by atoms with Gasteiger partial charge in [0.05, 0.1) is 43.7 Å². The summed E-state index contributed by atoms with van der Waals surface area (Å²) in [7, 11) is 6.09. The van der Waals surface area contributed by atoms with Gasteiger partial charge in [-0.15, -0.1) is 0 Å². The third-order valence-corrected chi connectivity index (χ3v) is 11.0. The fourth-order valence-corrected chi connectivity index (χ4v) is 7.62. The Balaban J connectivity index is 1.75. The largest absolute Gasteiger partial charge is 0.467 e. The maximum absolute atomic E-state index is 14.2. The van der Waals surface area contributed by atoms with E-state index in [0.29, 0.717) is 39.1 Å². The van der Waals surface area contributed by atoms with Gasteiger partial charge in [0.15, 0.2) is 0 Å². The highest BCUT2D eigenvalue weighted by Gasteiger charge is 2.43. The summed E-state index contributed by atoms with van der Waals surface area (Å²) < 4.78 is 16.9. The van der Waals surface area contributed by atoms with E-state index < -0.39 is 42.2 Å². The summed E-state index contributed by atoms with van der Waals surface area (Å²) in [4.78, 5) is 72.9. The zero-order chi connectivity index (χ0) is 39.2. The molecule has 1 aromatic carbocycles. The van der Waals surface area contributed by atoms with Crippen molar-refractivity contribution >= 4 is 29.7 Å². The molecule has 14 nitrogen and oxygen atoms in total. The van der Waals surface area contributed by atoms with Gasteiger partial charge in [-0.25, -0.2) is 9.59 Å². The average Bonchev–Trinajstić information content (AvgIpc) is 3.66. The fourth-order valence-electron chi connectivity index (χ4n) is 7.62. The Kier molecular flexibility index (Phi) is 17.5. The molecule has 2 heterocycles. The van der Waals surface area contributed by atoms with E-state index in [1.807, 2.05) is 58.0 Å². The van der Waals surface area contributed by atoms with Gasteiger partial charge in [-0.3, -0.25) is 14.4 Å². The predicted molar refractivity (Wildman–Crippen MR) is 202 cm³/mol. The minimum Gasteiger partial charge on any atom is -0.467 e. The standard InChI is InChI=1S/C39H64N6O8/c1-10-26(4)34(43(6)37(48)33(25(2)3)42-39(50)44-21-18-40-19-22-44)31(51-7)24-32(46)45-20-14-17-30(45)35(52-8)27(5)36(47)41-29(38(49)53-9)23-28-15-12-11-13-16-28/h11-13,15-16,25-27,29-31,33-35,40H,10,14,17-24H2,1-9H3,(H,41,47)(H,42,50)/t26-,27+,29?,30-,31+,33-,34-,35+/m0/s1. The number of hydrogen-bond acceptors (Lipinski definition) is 9. The normalized spacial score (nSPS) is 20.1. The monoisotopic (exact) mass is 744 g/mol. The number of likely N-dealkylation sites (N-methyl/N-ethyl adjacent to an activating group) is 1. The van der Waals surface area contributed by atoms with Gasteiger partial charge < -0.3 is 44.9 Å². The summed E-state index contributed by atoms with van der Waals surface area (Å²) in [6.07, 6.45) is 1.11. The van der Waals surface area contributed by atoms with E-state index in [1.165, 1.54) is 14.2 Å². The third-order valence-electron chi connectivity index (χ3n) is 11.0. The van der Waals surface area contributed by atoms with Crippen LogP contribution in [0.25, 0.3) is 0 Å². The first-order valence-electron chi connectivity index (χ1n) is 19.1. The van der Waals surface area contributed by atoms with E-state index >= 15 is 0 Å². The highest BCUT2D eigenvalue weighted by Crippen LogP contribution is 2.30. The first-order chi connectivity index (χ1) is 25.3. The van der Waals surface area contributed by atoms with Crippen molar-refractivity contribution in [1.29, 1.82) is 0 Å². The highest BCUT2D eigenvalue weighted by atomic mass is 16.5. The van der Waals surface area contributed by atoms with Crippen molar-refractivity contribution < 1.29 is 38.2 Å². The molecule has 0 radical (unpaired) electrons. The number of esters is 1. The van der Waals surface area contributed by atoms with Gasteiger partial charge in [-0.1, -0.05) is 71.4 Å². The van der Waals surface area contributed by atoms with Crippen molar-refractivity contribution in [3.8, 4) is 0 Å².